The second-order valence-corrected chi connectivity index (χ2v) is 5.04. The van der Waals surface area contributed by atoms with Crippen molar-refractivity contribution in [3.8, 4) is 0 Å². The van der Waals surface area contributed by atoms with E-state index in [1.54, 1.807) is 0 Å². The van der Waals surface area contributed by atoms with E-state index in [0.29, 0.717) is 5.92 Å². The molecule has 1 aromatic carbocycles. The SMILES string of the molecule is O=C(C(O)C1CC1)C1CC1c1ccccc1. The summed E-state index contributed by atoms with van der Waals surface area (Å²) in [5, 5.41) is 9.78. The van der Waals surface area contributed by atoms with E-state index < -0.39 is 6.10 Å². The van der Waals surface area contributed by atoms with Crippen molar-refractivity contribution in [1.29, 1.82) is 0 Å². The molecule has 1 N–H and O–H groups in total. The fourth-order valence-electron chi connectivity index (χ4n) is 2.44. The Morgan fingerprint density at radius 3 is 2.56 bits per heavy atom. The zero-order chi connectivity index (χ0) is 11.1. The second-order valence-electron chi connectivity index (χ2n) is 5.04. The van der Waals surface area contributed by atoms with Crippen LogP contribution in [-0.2, 0) is 4.79 Å². The second kappa shape index (κ2) is 3.70. The molecule has 2 heteroatoms. The van der Waals surface area contributed by atoms with Crippen molar-refractivity contribution >= 4 is 5.78 Å². The van der Waals surface area contributed by atoms with E-state index in [2.05, 4.69) is 12.1 Å². The van der Waals surface area contributed by atoms with Gasteiger partial charge in [-0.15, -0.1) is 0 Å². The van der Waals surface area contributed by atoms with Gasteiger partial charge in [-0.25, -0.2) is 0 Å². The third kappa shape index (κ3) is 1.78. The third-order valence-corrected chi connectivity index (χ3v) is 3.74. The van der Waals surface area contributed by atoms with Crippen molar-refractivity contribution in [2.75, 3.05) is 0 Å². The molecule has 0 amide bonds. The normalized spacial score (nSPS) is 29.8. The monoisotopic (exact) mass is 216 g/mol. The van der Waals surface area contributed by atoms with Crippen LogP contribution in [0.15, 0.2) is 30.3 Å². The summed E-state index contributed by atoms with van der Waals surface area (Å²) in [4.78, 5) is 11.9. The maximum Gasteiger partial charge on any atom is 0.165 e. The van der Waals surface area contributed by atoms with E-state index in [4.69, 9.17) is 0 Å². The van der Waals surface area contributed by atoms with Gasteiger partial charge in [-0.05, 0) is 36.7 Å². The van der Waals surface area contributed by atoms with Gasteiger partial charge in [0, 0.05) is 5.92 Å². The van der Waals surface area contributed by atoms with Gasteiger partial charge >= 0.3 is 0 Å². The van der Waals surface area contributed by atoms with Gasteiger partial charge in [-0.1, -0.05) is 30.3 Å². The predicted molar refractivity (Wildman–Crippen MR) is 61.0 cm³/mol. The highest BCUT2D eigenvalue weighted by Gasteiger charge is 2.48. The molecule has 1 aromatic rings. The molecule has 2 nitrogen and oxygen atoms in total. The average molecular weight is 216 g/mol. The maximum absolute atomic E-state index is 11.9. The van der Waals surface area contributed by atoms with Gasteiger partial charge in [0.15, 0.2) is 5.78 Å². The molecule has 2 fully saturated rings. The Balaban J connectivity index is 1.65. The Kier molecular flexibility index (Phi) is 2.32. The molecular formula is C14H16O2. The Morgan fingerprint density at radius 1 is 1.25 bits per heavy atom. The minimum atomic E-state index is -0.682. The Labute approximate surface area is 95.3 Å². The van der Waals surface area contributed by atoms with Gasteiger partial charge in [0.2, 0.25) is 0 Å². The third-order valence-electron chi connectivity index (χ3n) is 3.74. The molecule has 16 heavy (non-hydrogen) atoms. The predicted octanol–water partition coefficient (Wildman–Crippen LogP) is 2.13. The van der Waals surface area contributed by atoms with Crippen LogP contribution in [0.1, 0.15) is 30.7 Å². The van der Waals surface area contributed by atoms with Crippen LogP contribution in [-0.4, -0.2) is 17.0 Å². The van der Waals surface area contributed by atoms with E-state index in [1.165, 1.54) is 5.56 Å². The first kappa shape index (κ1) is 10.0. The van der Waals surface area contributed by atoms with Crippen molar-refractivity contribution in [2.24, 2.45) is 11.8 Å². The summed E-state index contributed by atoms with van der Waals surface area (Å²) in [6.45, 7) is 0. The topological polar surface area (TPSA) is 37.3 Å². The van der Waals surface area contributed by atoms with Crippen molar-refractivity contribution in [1.82, 2.24) is 0 Å². The lowest BCUT2D eigenvalue weighted by atomic mass is 10.0. The summed E-state index contributed by atoms with van der Waals surface area (Å²) in [6, 6.07) is 10.1. The van der Waals surface area contributed by atoms with Gasteiger partial charge in [0.1, 0.15) is 6.10 Å². The fourth-order valence-corrected chi connectivity index (χ4v) is 2.44. The lowest BCUT2D eigenvalue weighted by Gasteiger charge is -2.07. The van der Waals surface area contributed by atoms with Gasteiger partial charge in [0.25, 0.3) is 0 Å². The van der Waals surface area contributed by atoms with Crippen molar-refractivity contribution in [3.63, 3.8) is 0 Å². The molecule has 0 aromatic heterocycles. The molecule has 0 radical (unpaired) electrons. The number of rotatable bonds is 4. The molecule has 3 rings (SSSR count). The van der Waals surface area contributed by atoms with E-state index in [-0.39, 0.29) is 17.6 Å². The number of carbonyl (C=O) groups is 1. The molecule has 0 spiro atoms. The van der Waals surface area contributed by atoms with Crippen molar-refractivity contribution in [3.05, 3.63) is 35.9 Å². The van der Waals surface area contributed by atoms with E-state index in [1.807, 2.05) is 18.2 Å². The highest BCUT2D eigenvalue weighted by atomic mass is 16.3. The molecular weight excluding hydrogens is 200 g/mol. The van der Waals surface area contributed by atoms with Crippen LogP contribution in [0.3, 0.4) is 0 Å². The molecule has 3 unspecified atom stereocenters. The summed E-state index contributed by atoms with van der Waals surface area (Å²) in [7, 11) is 0. The molecule has 84 valence electrons. The van der Waals surface area contributed by atoms with Crippen molar-refractivity contribution in [2.45, 2.75) is 31.3 Å². The minimum absolute atomic E-state index is 0.0800. The number of aliphatic hydroxyl groups is 1. The average Bonchev–Trinajstić information content (AvgIpc) is 3.19. The van der Waals surface area contributed by atoms with Gasteiger partial charge in [-0.2, -0.15) is 0 Å². The van der Waals surface area contributed by atoms with E-state index in [0.717, 1.165) is 19.3 Å². The first-order chi connectivity index (χ1) is 7.77. The smallest absolute Gasteiger partial charge is 0.165 e. The van der Waals surface area contributed by atoms with Crippen LogP contribution in [0.4, 0.5) is 0 Å². The summed E-state index contributed by atoms with van der Waals surface area (Å²) < 4.78 is 0. The number of aliphatic hydroxyl groups excluding tert-OH is 1. The van der Waals surface area contributed by atoms with Gasteiger partial charge in [0.05, 0.1) is 0 Å². The number of Topliss-reactive ketones (excluding diaryl/α,β-unsaturated/α-hetero) is 1. The largest absolute Gasteiger partial charge is 0.385 e. The molecule has 2 aliphatic carbocycles. The highest BCUT2D eigenvalue weighted by molar-refractivity contribution is 5.89. The fraction of sp³-hybridized carbons (Fsp3) is 0.500. The summed E-state index contributed by atoms with van der Waals surface area (Å²) >= 11 is 0. The Hall–Kier alpha value is -1.15. The Bertz CT molecular complexity index is 394. The molecule has 0 aliphatic heterocycles. The minimum Gasteiger partial charge on any atom is -0.385 e. The molecule has 2 aliphatic rings. The van der Waals surface area contributed by atoms with Gasteiger partial charge in [-0.3, -0.25) is 4.79 Å². The van der Waals surface area contributed by atoms with Crippen LogP contribution >= 0.6 is 0 Å². The quantitative estimate of drug-likeness (QED) is 0.837. The highest BCUT2D eigenvalue weighted by Crippen LogP contribution is 2.50. The van der Waals surface area contributed by atoms with Crippen LogP contribution in [0, 0.1) is 11.8 Å². The summed E-state index contributed by atoms with van der Waals surface area (Å²) in [6.07, 6.45) is 2.29. The zero-order valence-corrected chi connectivity index (χ0v) is 9.17. The van der Waals surface area contributed by atoms with E-state index in [9.17, 15) is 9.90 Å². The van der Waals surface area contributed by atoms with Gasteiger partial charge < -0.3 is 5.11 Å². The lowest BCUT2D eigenvalue weighted by molar-refractivity contribution is -0.129. The molecule has 3 atom stereocenters. The van der Waals surface area contributed by atoms with Crippen LogP contribution in [0.5, 0.6) is 0 Å². The number of carbonyl (C=O) groups excluding carboxylic acids is 1. The number of hydrogen-bond donors (Lipinski definition) is 1. The molecule has 0 saturated heterocycles. The molecule has 2 saturated carbocycles. The number of ketones is 1. The first-order valence-corrected chi connectivity index (χ1v) is 6.04. The van der Waals surface area contributed by atoms with Crippen LogP contribution < -0.4 is 0 Å². The number of hydrogen-bond acceptors (Lipinski definition) is 2. The summed E-state index contributed by atoms with van der Waals surface area (Å²) in [5.41, 5.74) is 1.24. The zero-order valence-electron chi connectivity index (χ0n) is 9.17. The first-order valence-electron chi connectivity index (χ1n) is 6.04. The lowest BCUT2D eigenvalue weighted by Crippen LogP contribution is -2.24. The molecule has 0 bridgehead atoms. The number of benzene rings is 1. The van der Waals surface area contributed by atoms with Crippen LogP contribution in [0.25, 0.3) is 0 Å². The molecule has 0 heterocycles. The maximum atomic E-state index is 11.9. The van der Waals surface area contributed by atoms with E-state index >= 15 is 0 Å². The van der Waals surface area contributed by atoms with Crippen molar-refractivity contribution < 1.29 is 9.90 Å². The van der Waals surface area contributed by atoms with Crippen LogP contribution in [0.2, 0.25) is 0 Å². The Morgan fingerprint density at radius 2 is 1.94 bits per heavy atom. The summed E-state index contributed by atoms with van der Waals surface area (Å²) in [5.74, 6) is 0.793. The standard InChI is InChI=1S/C14H16O2/c15-13(10-6-7-10)14(16)12-8-11(12)9-4-2-1-3-5-9/h1-5,10-13,15H,6-8H2.